The SMILES string of the molecule is CCNCC1CCN(C(=O)c2ccccc2Sc2ccccc2)CC1.Cl. The number of halogens is 1. The summed E-state index contributed by atoms with van der Waals surface area (Å²) < 4.78 is 0. The molecule has 0 aromatic heterocycles. The summed E-state index contributed by atoms with van der Waals surface area (Å²) in [6, 6.07) is 18.2. The summed E-state index contributed by atoms with van der Waals surface area (Å²) in [5.74, 6) is 0.860. The molecule has 0 bridgehead atoms. The van der Waals surface area contributed by atoms with Gasteiger partial charge in [-0.3, -0.25) is 4.79 Å². The Kier molecular flexibility index (Phi) is 8.49. The van der Waals surface area contributed by atoms with Crippen LogP contribution in [0.25, 0.3) is 0 Å². The lowest BCUT2D eigenvalue weighted by atomic mass is 9.96. The van der Waals surface area contributed by atoms with E-state index in [-0.39, 0.29) is 18.3 Å². The van der Waals surface area contributed by atoms with Crippen LogP contribution in [0.5, 0.6) is 0 Å². The number of carbonyl (C=O) groups excluding carboxylic acids is 1. The standard InChI is InChI=1S/C21H26N2OS.ClH/c1-2-22-16-17-12-14-23(15-13-17)21(24)19-10-6-7-11-20(19)25-18-8-4-3-5-9-18;/h3-11,17,22H,2,12-16H2,1H3;1H. The van der Waals surface area contributed by atoms with Gasteiger partial charge in [-0.25, -0.2) is 0 Å². The Morgan fingerprint density at radius 2 is 1.73 bits per heavy atom. The van der Waals surface area contributed by atoms with E-state index in [9.17, 15) is 4.79 Å². The summed E-state index contributed by atoms with van der Waals surface area (Å²) >= 11 is 1.66. The molecular weight excluding hydrogens is 364 g/mol. The van der Waals surface area contributed by atoms with E-state index in [1.165, 1.54) is 0 Å². The molecule has 1 saturated heterocycles. The Balaban J connectivity index is 0.00000243. The monoisotopic (exact) mass is 390 g/mol. The maximum atomic E-state index is 13.0. The van der Waals surface area contributed by atoms with E-state index in [0.717, 1.165) is 54.4 Å². The number of rotatable bonds is 6. The summed E-state index contributed by atoms with van der Waals surface area (Å²) in [7, 11) is 0. The largest absolute Gasteiger partial charge is 0.339 e. The molecule has 1 heterocycles. The molecule has 0 unspecified atom stereocenters. The number of amides is 1. The molecule has 140 valence electrons. The molecular formula is C21H27ClN2OS. The second-order valence-corrected chi connectivity index (χ2v) is 7.57. The minimum absolute atomic E-state index is 0. The van der Waals surface area contributed by atoms with Gasteiger partial charge in [0.2, 0.25) is 0 Å². The minimum atomic E-state index is 0. The van der Waals surface area contributed by atoms with Crippen LogP contribution < -0.4 is 5.32 Å². The van der Waals surface area contributed by atoms with E-state index in [2.05, 4.69) is 24.4 Å². The molecule has 0 atom stereocenters. The Bertz CT molecular complexity index is 687. The van der Waals surface area contributed by atoms with Crippen molar-refractivity contribution in [2.45, 2.75) is 29.6 Å². The third kappa shape index (κ3) is 5.50. The zero-order valence-electron chi connectivity index (χ0n) is 15.2. The van der Waals surface area contributed by atoms with Crippen LogP contribution in [-0.4, -0.2) is 37.0 Å². The number of likely N-dealkylation sites (tertiary alicyclic amines) is 1. The number of nitrogens with zero attached hydrogens (tertiary/aromatic N) is 1. The van der Waals surface area contributed by atoms with Gasteiger partial charge in [-0.15, -0.1) is 12.4 Å². The van der Waals surface area contributed by atoms with Crippen LogP contribution in [0.15, 0.2) is 64.4 Å². The molecule has 1 N–H and O–H groups in total. The Morgan fingerprint density at radius 1 is 1.08 bits per heavy atom. The van der Waals surface area contributed by atoms with Gasteiger partial charge in [-0.2, -0.15) is 0 Å². The van der Waals surface area contributed by atoms with E-state index >= 15 is 0 Å². The smallest absolute Gasteiger partial charge is 0.255 e. The average Bonchev–Trinajstić information content (AvgIpc) is 2.67. The van der Waals surface area contributed by atoms with E-state index in [0.29, 0.717) is 5.92 Å². The Labute approximate surface area is 167 Å². The summed E-state index contributed by atoms with van der Waals surface area (Å²) in [5.41, 5.74) is 0.821. The lowest BCUT2D eigenvalue weighted by Crippen LogP contribution is -2.40. The van der Waals surface area contributed by atoms with Gasteiger partial charge in [0, 0.05) is 22.9 Å². The fraction of sp³-hybridized carbons (Fsp3) is 0.381. The molecule has 1 fully saturated rings. The zero-order valence-corrected chi connectivity index (χ0v) is 16.8. The van der Waals surface area contributed by atoms with Gasteiger partial charge in [-0.1, -0.05) is 49.0 Å². The highest BCUT2D eigenvalue weighted by molar-refractivity contribution is 7.99. The molecule has 0 saturated carbocycles. The van der Waals surface area contributed by atoms with Crippen molar-refractivity contribution in [2.75, 3.05) is 26.2 Å². The molecule has 0 radical (unpaired) electrons. The first-order chi connectivity index (χ1) is 12.3. The molecule has 1 amide bonds. The van der Waals surface area contributed by atoms with Gasteiger partial charge in [0.1, 0.15) is 0 Å². The molecule has 2 aromatic carbocycles. The fourth-order valence-electron chi connectivity index (χ4n) is 3.21. The average molecular weight is 391 g/mol. The first kappa shape index (κ1) is 20.8. The second-order valence-electron chi connectivity index (χ2n) is 6.45. The van der Waals surface area contributed by atoms with Gasteiger partial charge < -0.3 is 10.2 Å². The third-order valence-corrected chi connectivity index (χ3v) is 5.76. The molecule has 0 spiro atoms. The lowest BCUT2D eigenvalue weighted by molar-refractivity contribution is 0.0687. The van der Waals surface area contributed by atoms with E-state index < -0.39 is 0 Å². The summed E-state index contributed by atoms with van der Waals surface area (Å²) in [6.45, 7) is 5.95. The first-order valence-electron chi connectivity index (χ1n) is 9.10. The summed E-state index contributed by atoms with van der Waals surface area (Å²) in [4.78, 5) is 17.2. The quantitative estimate of drug-likeness (QED) is 0.774. The maximum absolute atomic E-state index is 13.0. The number of benzene rings is 2. The van der Waals surface area contributed by atoms with Gasteiger partial charge in [-0.05, 0) is 56.1 Å². The summed E-state index contributed by atoms with van der Waals surface area (Å²) in [5, 5.41) is 3.42. The lowest BCUT2D eigenvalue weighted by Gasteiger charge is -2.32. The van der Waals surface area contributed by atoms with E-state index in [1.54, 1.807) is 11.8 Å². The normalized spacial score (nSPS) is 14.7. The molecule has 1 aliphatic heterocycles. The van der Waals surface area contributed by atoms with Crippen molar-refractivity contribution in [2.24, 2.45) is 5.92 Å². The van der Waals surface area contributed by atoms with Crippen LogP contribution in [0.4, 0.5) is 0 Å². The number of carbonyl (C=O) groups is 1. The number of hydrogen-bond acceptors (Lipinski definition) is 3. The third-order valence-electron chi connectivity index (χ3n) is 4.67. The van der Waals surface area contributed by atoms with Crippen molar-refractivity contribution in [1.82, 2.24) is 10.2 Å². The Morgan fingerprint density at radius 3 is 2.42 bits per heavy atom. The van der Waals surface area contributed by atoms with Gasteiger partial charge >= 0.3 is 0 Å². The highest BCUT2D eigenvalue weighted by Gasteiger charge is 2.24. The van der Waals surface area contributed by atoms with Gasteiger partial charge in [0.15, 0.2) is 0 Å². The van der Waals surface area contributed by atoms with E-state index in [4.69, 9.17) is 0 Å². The van der Waals surface area contributed by atoms with Crippen molar-refractivity contribution >= 4 is 30.1 Å². The Hall–Kier alpha value is -1.49. The molecule has 5 heteroatoms. The molecule has 3 rings (SSSR count). The van der Waals surface area contributed by atoms with Crippen LogP contribution in [-0.2, 0) is 0 Å². The molecule has 0 aliphatic carbocycles. The van der Waals surface area contributed by atoms with E-state index in [1.807, 2.05) is 47.4 Å². The number of nitrogens with one attached hydrogen (secondary N) is 1. The highest BCUT2D eigenvalue weighted by atomic mass is 35.5. The molecule has 2 aromatic rings. The zero-order chi connectivity index (χ0) is 17.5. The van der Waals surface area contributed by atoms with Crippen LogP contribution >= 0.6 is 24.2 Å². The van der Waals surface area contributed by atoms with Gasteiger partial charge in [0.25, 0.3) is 5.91 Å². The van der Waals surface area contributed by atoms with Crippen LogP contribution in [0.3, 0.4) is 0 Å². The molecule has 1 aliphatic rings. The number of piperidine rings is 1. The predicted octanol–water partition coefficient (Wildman–Crippen LogP) is 4.72. The van der Waals surface area contributed by atoms with Crippen LogP contribution in [0.2, 0.25) is 0 Å². The van der Waals surface area contributed by atoms with Crippen molar-refractivity contribution in [1.29, 1.82) is 0 Å². The highest BCUT2D eigenvalue weighted by Crippen LogP contribution is 2.31. The van der Waals surface area contributed by atoms with Crippen molar-refractivity contribution in [3.05, 3.63) is 60.2 Å². The molecule has 3 nitrogen and oxygen atoms in total. The molecule has 26 heavy (non-hydrogen) atoms. The second kappa shape index (κ2) is 10.6. The van der Waals surface area contributed by atoms with Crippen LogP contribution in [0, 0.1) is 5.92 Å². The van der Waals surface area contributed by atoms with Crippen LogP contribution in [0.1, 0.15) is 30.1 Å². The fourth-order valence-corrected chi connectivity index (χ4v) is 4.17. The predicted molar refractivity (Wildman–Crippen MR) is 111 cm³/mol. The van der Waals surface area contributed by atoms with Crippen molar-refractivity contribution in [3.63, 3.8) is 0 Å². The first-order valence-corrected chi connectivity index (χ1v) is 9.91. The summed E-state index contributed by atoms with van der Waals surface area (Å²) in [6.07, 6.45) is 2.18. The topological polar surface area (TPSA) is 32.3 Å². The van der Waals surface area contributed by atoms with Gasteiger partial charge in [0.05, 0.1) is 5.56 Å². The van der Waals surface area contributed by atoms with Crippen molar-refractivity contribution < 1.29 is 4.79 Å². The number of hydrogen-bond donors (Lipinski definition) is 1. The minimum Gasteiger partial charge on any atom is -0.339 e. The van der Waals surface area contributed by atoms with Crippen molar-refractivity contribution in [3.8, 4) is 0 Å². The maximum Gasteiger partial charge on any atom is 0.255 e.